The summed E-state index contributed by atoms with van der Waals surface area (Å²) >= 11 is 0. The Hall–Kier alpha value is -1.92. The van der Waals surface area contributed by atoms with Crippen molar-refractivity contribution >= 4 is 17.6 Å². The molecule has 0 radical (unpaired) electrons. The molecule has 0 aliphatic heterocycles. The van der Waals surface area contributed by atoms with Crippen molar-refractivity contribution in [2.75, 3.05) is 18.5 Å². The summed E-state index contributed by atoms with van der Waals surface area (Å²) in [5.74, 6) is -1.49. The second-order valence-electron chi connectivity index (χ2n) is 4.57. The van der Waals surface area contributed by atoms with E-state index < -0.39 is 12.0 Å². The smallest absolute Gasteiger partial charge is 0.321 e. The van der Waals surface area contributed by atoms with Crippen LogP contribution < -0.4 is 10.6 Å². The van der Waals surface area contributed by atoms with Crippen LogP contribution >= 0.6 is 0 Å². The zero-order chi connectivity index (χ0) is 15.1. The lowest BCUT2D eigenvalue weighted by Crippen LogP contribution is -2.41. The molecule has 20 heavy (non-hydrogen) atoms. The van der Waals surface area contributed by atoms with Gasteiger partial charge in [0.2, 0.25) is 5.91 Å². The number of hydrogen-bond acceptors (Lipinski definition) is 4. The number of aliphatic carboxylic acids is 1. The number of aliphatic hydroxyl groups excluding tert-OH is 1. The highest BCUT2D eigenvalue weighted by Crippen LogP contribution is 2.18. The van der Waals surface area contributed by atoms with Crippen LogP contribution in [-0.2, 0) is 9.59 Å². The number of aryl methyl sites for hydroxylation is 1. The lowest BCUT2D eigenvalue weighted by Gasteiger charge is -2.15. The van der Waals surface area contributed by atoms with E-state index in [0.29, 0.717) is 5.69 Å². The molecule has 1 aromatic carbocycles. The Morgan fingerprint density at radius 2 is 2.00 bits per heavy atom. The first kappa shape index (κ1) is 16.1. The van der Waals surface area contributed by atoms with Gasteiger partial charge in [0, 0.05) is 12.2 Å². The Kier molecular flexibility index (Phi) is 6.14. The number of amides is 1. The molecule has 0 heterocycles. The molecule has 0 saturated heterocycles. The summed E-state index contributed by atoms with van der Waals surface area (Å²) in [4.78, 5) is 22.9. The number of anilines is 1. The Bertz CT molecular complexity index is 488. The minimum atomic E-state index is -1.12. The second-order valence-corrected chi connectivity index (χ2v) is 4.57. The van der Waals surface area contributed by atoms with Gasteiger partial charge < -0.3 is 20.8 Å². The lowest BCUT2D eigenvalue weighted by atomic mass is 10.1. The average Bonchev–Trinajstić information content (AvgIpc) is 2.39. The molecular formula is C14H20N2O4. The first-order chi connectivity index (χ1) is 9.45. The van der Waals surface area contributed by atoms with Gasteiger partial charge in [-0.1, -0.05) is 12.1 Å². The fraction of sp³-hybridized carbons (Fsp3) is 0.429. The summed E-state index contributed by atoms with van der Waals surface area (Å²) < 4.78 is 0. The van der Waals surface area contributed by atoms with E-state index in [9.17, 15) is 9.59 Å². The highest BCUT2D eigenvalue weighted by atomic mass is 16.4. The zero-order valence-corrected chi connectivity index (χ0v) is 11.6. The summed E-state index contributed by atoms with van der Waals surface area (Å²) in [6.45, 7) is 3.79. The van der Waals surface area contributed by atoms with Crippen molar-refractivity contribution in [1.29, 1.82) is 0 Å². The molecule has 0 aliphatic carbocycles. The minimum Gasteiger partial charge on any atom is -0.480 e. The molecule has 0 saturated carbocycles. The first-order valence-corrected chi connectivity index (χ1v) is 6.38. The summed E-state index contributed by atoms with van der Waals surface area (Å²) in [6.07, 6.45) is -0.192. The van der Waals surface area contributed by atoms with E-state index >= 15 is 0 Å². The van der Waals surface area contributed by atoms with E-state index in [4.69, 9.17) is 10.2 Å². The van der Waals surface area contributed by atoms with Crippen LogP contribution in [-0.4, -0.2) is 41.3 Å². The molecule has 6 nitrogen and oxygen atoms in total. The van der Waals surface area contributed by atoms with Crippen LogP contribution in [0.2, 0.25) is 0 Å². The Balaban J connectivity index is 2.66. The number of carbonyl (C=O) groups is 2. The molecule has 1 atom stereocenters. The molecular weight excluding hydrogens is 260 g/mol. The monoisotopic (exact) mass is 280 g/mol. The predicted molar refractivity (Wildman–Crippen MR) is 75.7 cm³/mol. The van der Waals surface area contributed by atoms with Gasteiger partial charge in [0.15, 0.2) is 0 Å². The molecule has 110 valence electrons. The van der Waals surface area contributed by atoms with Crippen LogP contribution in [0.15, 0.2) is 18.2 Å². The van der Waals surface area contributed by atoms with E-state index in [0.717, 1.165) is 11.1 Å². The highest BCUT2D eigenvalue weighted by molar-refractivity contribution is 5.94. The lowest BCUT2D eigenvalue weighted by molar-refractivity contribution is -0.141. The normalized spacial score (nSPS) is 11.9. The number of carboxylic acids is 1. The van der Waals surface area contributed by atoms with Gasteiger partial charge in [-0.3, -0.25) is 9.59 Å². The van der Waals surface area contributed by atoms with Gasteiger partial charge in [-0.2, -0.15) is 0 Å². The van der Waals surface area contributed by atoms with E-state index in [-0.39, 0.29) is 25.5 Å². The van der Waals surface area contributed by atoms with Crippen LogP contribution in [0, 0.1) is 13.8 Å². The van der Waals surface area contributed by atoms with E-state index in [1.165, 1.54) is 0 Å². The fourth-order valence-electron chi connectivity index (χ4n) is 1.76. The highest BCUT2D eigenvalue weighted by Gasteiger charge is 2.20. The molecule has 4 N–H and O–H groups in total. The van der Waals surface area contributed by atoms with Crippen molar-refractivity contribution in [3.8, 4) is 0 Å². The molecule has 1 rings (SSSR count). The fourth-order valence-corrected chi connectivity index (χ4v) is 1.76. The molecule has 0 fully saturated rings. The van der Waals surface area contributed by atoms with Gasteiger partial charge >= 0.3 is 5.97 Å². The molecule has 6 heteroatoms. The third kappa shape index (κ3) is 4.64. The third-order valence-corrected chi connectivity index (χ3v) is 3.07. The maximum Gasteiger partial charge on any atom is 0.321 e. The number of nitrogens with one attached hydrogen (secondary N) is 2. The van der Waals surface area contributed by atoms with Gasteiger partial charge in [0.25, 0.3) is 0 Å². The number of aliphatic hydroxyl groups is 1. The van der Waals surface area contributed by atoms with E-state index in [1.807, 2.05) is 26.0 Å². The van der Waals surface area contributed by atoms with Crippen LogP contribution in [0.5, 0.6) is 0 Å². The van der Waals surface area contributed by atoms with Gasteiger partial charge in [-0.05, 0) is 31.0 Å². The molecule has 0 aromatic heterocycles. The van der Waals surface area contributed by atoms with Crippen LogP contribution in [0.3, 0.4) is 0 Å². The first-order valence-electron chi connectivity index (χ1n) is 6.38. The van der Waals surface area contributed by atoms with Gasteiger partial charge in [0.1, 0.15) is 6.04 Å². The molecule has 1 unspecified atom stereocenters. The molecule has 0 spiro atoms. The van der Waals surface area contributed by atoms with Gasteiger partial charge in [0.05, 0.1) is 13.0 Å². The zero-order valence-electron chi connectivity index (χ0n) is 11.6. The Morgan fingerprint density at radius 1 is 1.30 bits per heavy atom. The topological polar surface area (TPSA) is 98.7 Å². The SMILES string of the molecule is Cc1cccc(NC(=O)CC(NCCO)C(=O)O)c1C. The standard InChI is InChI=1S/C14H20N2O4/c1-9-4-3-5-11(10(9)2)16-13(18)8-12(14(19)20)15-6-7-17/h3-5,12,15,17H,6-8H2,1-2H3,(H,16,18)(H,19,20). The third-order valence-electron chi connectivity index (χ3n) is 3.07. The number of carbonyl (C=O) groups excluding carboxylic acids is 1. The van der Waals surface area contributed by atoms with Crippen molar-refractivity contribution in [2.24, 2.45) is 0 Å². The van der Waals surface area contributed by atoms with Gasteiger partial charge in [-0.15, -0.1) is 0 Å². The van der Waals surface area contributed by atoms with Crippen molar-refractivity contribution in [2.45, 2.75) is 26.3 Å². The number of benzene rings is 1. The number of rotatable bonds is 7. The molecule has 1 amide bonds. The number of carboxylic acid groups (broad SMARTS) is 1. The molecule has 1 aromatic rings. The van der Waals surface area contributed by atoms with Crippen LogP contribution in [0.1, 0.15) is 17.5 Å². The minimum absolute atomic E-state index is 0.133. The summed E-state index contributed by atoms with van der Waals surface area (Å²) in [6, 6.07) is 4.54. The van der Waals surface area contributed by atoms with Crippen molar-refractivity contribution < 1.29 is 19.8 Å². The summed E-state index contributed by atoms with van der Waals surface area (Å²) in [5, 5.41) is 23.0. The molecule has 0 bridgehead atoms. The summed E-state index contributed by atoms with van der Waals surface area (Å²) in [5.41, 5.74) is 2.69. The predicted octanol–water partition coefficient (Wildman–Crippen LogP) is 0.667. The Labute approximate surface area is 117 Å². The van der Waals surface area contributed by atoms with E-state index in [2.05, 4.69) is 10.6 Å². The van der Waals surface area contributed by atoms with Crippen molar-refractivity contribution in [3.05, 3.63) is 29.3 Å². The number of hydrogen-bond donors (Lipinski definition) is 4. The van der Waals surface area contributed by atoms with Crippen LogP contribution in [0.25, 0.3) is 0 Å². The maximum atomic E-state index is 11.9. The van der Waals surface area contributed by atoms with Gasteiger partial charge in [-0.25, -0.2) is 0 Å². The summed E-state index contributed by atoms with van der Waals surface area (Å²) in [7, 11) is 0. The quantitative estimate of drug-likeness (QED) is 0.588. The maximum absolute atomic E-state index is 11.9. The van der Waals surface area contributed by atoms with Crippen LogP contribution in [0.4, 0.5) is 5.69 Å². The van der Waals surface area contributed by atoms with Crippen molar-refractivity contribution in [3.63, 3.8) is 0 Å². The second kappa shape index (κ2) is 7.62. The molecule has 0 aliphatic rings. The average molecular weight is 280 g/mol. The van der Waals surface area contributed by atoms with Crippen molar-refractivity contribution in [1.82, 2.24) is 5.32 Å². The Morgan fingerprint density at radius 3 is 2.60 bits per heavy atom. The van der Waals surface area contributed by atoms with E-state index in [1.54, 1.807) is 6.07 Å². The largest absolute Gasteiger partial charge is 0.480 e.